The highest BCUT2D eigenvalue weighted by Gasteiger charge is 2.56. The van der Waals surface area contributed by atoms with E-state index in [4.69, 9.17) is 4.74 Å². The van der Waals surface area contributed by atoms with E-state index in [2.05, 4.69) is 6.58 Å². The Bertz CT molecular complexity index is 298. The summed E-state index contributed by atoms with van der Waals surface area (Å²) in [5, 5.41) is 10.6. The summed E-state index contributed by atoms with van der Waals surface area (Å²) in [7, 11) is 0. The van der Waals surface area contributed by atoms with Gasteiger partial charge in [-0.05, 0) is 46.5 Å². The number of hydrogen-bond donors (Lipinski definition) is 1. The second-order valence-corrected chi connectivity index (χ2v) is 5.07. The Morgan fingerprint density at radius 2 is 2.12 bits per heavy atom. The van der Waals surface area contributed by atoms with Gasteiger partial charge >= 0.3 is 5.97 Å². The molecule has 3 nitrogen and oxygen atoms in total. The number of hydrogen-bond acceptors (Lipinski definition) is 3. The SMILES string of the molecule is C=C(C)C[C@@]1(O)CCC[C@@]1(C)C(=O)OCC. The number of carbonyl (C=O) groups excluding carboxylic acids is 1. The quantitative estimate of drug-likeness (QED) is 0.591. The van der Waals surface area contributed by atoms with Crippen LogP contribution in [0.5, 0.6) is 0 Å². The van der Waals surface area contributed by atoms with Gasteiger partial charge in [0.2, 0.25) is 0 Å². The van der Waals surface area contributed by atoms with E-state index in [0.29, 0.717) is 25.9 Å². The van der Waals surface area contributed by atoms with Gasteiger partial charge in [-0.2, -0.15) is 0 Å². The van der Waals surface area contributed by atoms with Gasteiger partial charge in [-0.25, -0.2) is 0 Å². The molecule has 1 fully saturated rings. The van der Waals surface area contributed by atoms with Gasteiger partial charge in [-0.15, -0.1) is 6.58 Å². The first-order valence-electron chi connectivity index (χ1n) is 5.90. The first-order valence-corrected chi connectivity index (χ1v) is 5.90. The largest absolute Gasteiger partial charge is 0.465 e. The van der Waals surface area contributed by atoms with Crippen molar-refractivity contribution in [2.75, 3.05) is 6.61 Å². The number of ether oxygens (including phenoxy) is 1. The van der Waals surface area contributed by atoms with Crippen LogP contribution >= 0.6 is 0 Å². The van der Waals surface area contributed by atoms with Crippen molar-refractivity contribution < 1.29 is 14.6 Å². The first kappa shape index (κ1) is 13.2. The number of esters is 1. The smallest absolute Gasteiger partial charge is 0.314 e. The molecule has 0 aromatic carbocycles. The second kappa shape index (κ2) is 4.58. The summed E-state index contributed by atoms with van der Waals surface area (Å²) in [5.41, 5.74) is -0.854. The Kier molecular flexibility index (Phi) is 3.79. The fourth-order valence-electron chi connectivity index (χ4n) is 2.61. The Morgan fingerprint density at radius 3 is 2.62 bits per heavy atom. The van der Waals surface area contributed by atoms with Gasteiger partial charge in [0, 0.05) is 0 Å². The minimum atomic E-state index is -0.981. The van der Waals surface area contributed by atoms with E-state index in [-0.39, 0.29) is 5.97 Å². The van der Waals surface area contributed by atoms with Crippen LogP contribution in [0.3, 0.4) is 0 Å². The molecule has 0 radical (unpaired) electrons. The van der Waals surface area contributed by atoms with E-state index in [1.165, 1.54) is 0 Å². The Morgan fingerprint density at radius 1 is 1.50 bits per heavy atom. The molecule has 3 heteroatoms. The molecular formula is C13H22O3. The third-order valence-corrected chi connectivity index (χ3v) is 3.61. The molecule has 2 atom stereocenters. The van der Waals surface area contributed by atoms with Gasteiger partial charge in [-0.3, -0.25) is 4.79 Å². The van der Waals surface area contributed by atoms with Gasteiger partial charge in [0.25, 0.3) is 0 Å². The Hall–Kier alpha value is -0.830. The first-order chi connectivity index (χ1) is 7.35. The third-order valence-electron chi connectivity index (χ3n) is 3.61. The van der Waals surface area contributed by atoms with Crippen molar-refractivity contribution in [3.8, 4) is 0 Å². The van der Waals surface area contributed by atoms with E-state index in [9.17, 15) is 9.90 Å². The van der Waals surface area contributed by atoms with Crippen LogP contribution < -0.4 is 0 Å². The lowest BCUT2D eigenvalue weighted by molar-refractivity contribution is -0.168. The second-order valence-electron chi connectivity index (χ2n) is 5.07. The summed E-state index contributed by atoms with van der Waals surface area (Å²) in [6.45, 7) is 9.65. The van der Waals surface area contributed by atoms with Crippen LogP contribution in [0.4, 0.5) is 0 Å². The maximum atomic E-state index is 12.0. The van der Waals surface area contributed by atoms with Crippen molar-refractivity contribution in [1.29, 1.82) is 0 Å². The van der Waals surface area contributed by atoms with Crippen LogP contribution in [0.25, 0.3) is 0 Å². The molecule has 0 aromatic rings. The number of carbonyl (C=O) groups is 1. The highest BCUT2D eigenvalue weighted by molar-refractivity contribution is 5.78. The Balaban J connectivity index is 2.92. The van der Waals surface area contributed by atoms with Gasteiger partial charge < -0.3 is 9.84 Å². The van der Waals surface area contributed by atoms with Gasteiger partial charge in [0.05, 0.1) is 17.6 Å². The third kappa shape index (κ3) is 2.14. The fourth-order valence-corrected chi connectivity index (χ4v) is 2.61. The predicted octanol–water partition coefficient (Wildman–Crippen LogP) is 2.44. The molecule has 0 saturated heterocycles. The highest BCUT2D eigenvalue weighted by Crippen LogP contribution is 2.50. The van der Waals surface area contributed by atoms with E-state index >= 15 is 0 Å². The summed E-state index contributed by atoms with van der Waals surface area (Å²) < 4.78 is 5.08. The average molecular weight is 226 g/mol. The van der Waals surface area contributed by atoms with Crippen LogP contribution in [0.1, 0.15) is 46.5 Å². The minimum Gasteiger partial charge on any atom is -0.465 e. The molecule has 16 heavy (non-hydrogen) atoms. The molecule has 1 aliphatic rings. The lowest BCUT2D eigenvalue weighted by atomic mass is 9.73. The zero-order valence-corrected chi connectivity index (χ0v) is 10.5. The Labute approximate surface area is 97.5 Å². The molecule has 0 heterocycles. The topological polar surface area (TPSA) is 46.5 Å². The molecule has 0 amide bonds. The zero-order chi connectivity index (χ0) is 12.4. The van der Waals surface area contributed by atoms with Crippen molar-refractivity contribution in [2.45, 2.75) is 52.1 Å². The summed E-state index contributed by atoms with van der Waals surface area (Å²) in [4.78, 5) is 12.0. The fraction of sp³-hybridized carbons (Fsp3) is 0.769. The summed E-state index contributed by atoms with van der Waals surface area (Å²) >= 11 is 0. The van der Waals surface area contributed by atoms with Crippen LogP contribution in [-0.4, -0.2) is 23.3 Å². The van der Waals surface area contributed by atoms with Crippen LogP contribution in [0, 0.1) is 5.41 Å². The molecule has 1 saturated carbocycles. The molecule has 1 aliphatic carbocycles. The van der Waals surface area contributed by atoms with Crippen molar-refractivity contribution >= 4 is 5.97 Å². The van der Waals surface area contributed by atoms with Crippen LogP contribution in [-0.2, 0) is 9.53 Å². The molecule has 0 aliphatic heterocycles. The maximum Gasteiger partial charge on any atom is 0.314 e. The lowest BCUT2D eigenvalue weighted by Gasteiger charge is -2.37. The lowest BCUT2D eigenvalue weighted by Crippen LogP contribution is -2.48. The molecule has 0 spiro atoms. The van der Waals surface area contributed by atoms with Crippen LogP contribution in [0.2, 0.25) is 0 Å². The van der Waals surface area contributed by atoms with E-state index < -0.39 is 11.0 Å². The molecule has 92 valence electrons. The van der Waals surface area contributed by atoms with Crippen molar-refractivity contribution in [3.05, 3.63) is 12.2 Å². The monoisotopic (exact) mass is 226 g/mol. The van der Waals surface area contributed by atoms with Crippen LogP contribution in [0.15, 0.2) is 12.2 Å². The molecule has 0 bridgehead atoms. The molecule has 1 N–H and O–H groups in total. The van der Waals surface area contributed by atoms with E-state index in [0.717, 1.165) is 12.0 Å². The van der Waals surface area contributed by atoms with Crippen molar-refractivity contribution in [3.63, 3.8) is 0 Å². The molecule has 0 aromatic heterocycles. The zero-order valence-electron chi connectivity index (χ0n) is 10.5. The maximum absolute atomic E-state index is 12.0. The van der Waals surface area contributed by atoms with Crippen molar-refractivity contribution in [1.82, 2.24) is 0 Å². The van der Waals surface area contributed by atoms with E-state index in [1.54, 1.807) is 13.8 Å². The standard InChI is InChI=1S/C13H22O3/c1-5-16-11(14)12(4)7-6-8-13(12,15)9-10(2)3/h15H,2,5-9H2,1,3-4H3/t12-,13-/m0/s1. The molecule has 1 rings (SSSR count). The summed E-state index contributed by atoms with van der Waals surface area (Å²) in [6, 6.07) is 0. The van der Waals surface area contributed by atoms with E-state index in [1.807, 2.05) is 6.92 Å². The predicted molar refractivity (Wildman–Crippen MR) is 63.0 cm³/mol. The number of aliphatic hydroxyl groups is 1. The van der Waals surface area contributed by atoms with Gasteiger partial charge in [0.15, 0.2) is 0 Å². The summed E-state index contributed by atoms with van der Waals surface area (Å²) in [5.74, 6) is -0.281. The molecule has 0 unspecified atom stereocenters. The van der Waals surface area contributed by atoms with Gasteiger partial charge in [-0.1, -0.05) is 5.57 Å². The highest BCUT2D eigenvalue weighted by atomic mass is 16.5. The van der Waals surface area contributed by atoms with Gasteiger partial charge in [0.1, 0.15) is 0 Å². The average Bonchev–Trinajstić information content (AvgIpc) is 2.43. The van der Waals surface area contributed by atoms with Crippen molar-refractivity contribution in [2.24, 2.45) is 5.41 Å². The molecular weight excluding hydrogens is 204 g/mol. The normalized spacial score (nSPS) is 33.8. The minimum absolute atomic E-state index is 0.281. The number of rotatable bonds is 4. The summed E-state index contributed by atoms with van der Waals surface area (Å²) in [6.07, 6.45) is 2.67.